The Bertz CT molecular complexity index is 706. The van der Waals surface area contributed by atoms with Gasteiger partial charge in [-0.1, -0.05) is 24.3 Å². The minimum Gasteiger partial charge on any atom is -0.508 e. The summed E-state index contributed by atoms with van der Waals surface area (Å²) in [7, 11) is 0. The van der Waals surface area contributed by atoms with Crippen molar-refractivity contribution in [3.8, 4) is 11.5 Å². The number of aromatic hydroxyl groups is 1. The monoisotopic (exact) mass is 315 g/mol. The summed E-state index contributed by atoms with van der Waals surface area (Å²) >= 11 is 0. The van der Waals surface area contributed by atoms with E-state index in [1.807, 2.05) is 0 Å². The van der Waals surface area contributed by atoms with E-state index in [1.165, 1.54) is 30.3 Å². The summed E-state index contributed by atoms with van der Waals surface area (Å²) in [6.45, 7) is -0.165. The van der Waals surface area contributed by atoms with Gasteiger partial charge in [0.05, 0.1) is 0 Å². The molecular formula is C16H13NO6. The van der Waals surface area contributed by atoms with Gasteiger partial charge in [-0.2, -0.15) is 0 Å². The standard InChI is InChI=1S/C16H13NO6/c18-14-6-1-12(2-7-14)5-10-16(19)23-15-8-3-13(4-9-15)11-22-17(20)21/h1-10,18H,11H2/b10-5+. The Labute approximate surface area is 131 Å². The molecule has 2 aromatic rings. The highest BCUT2D eigenvalue weighted by Gasteiger charge is 2.02. The first kappa shape index (κ1) is 16.0. The molecule has 0 fully saturated rings. The second kappa shape index (κ2) is 7.60. The van der Waals surface area contributed by atoms with Crippen molar-refractivity contribution in [3.63, 3.8) is 0 Å². The summed E-state index contributed by atoms with van der Waals surface area (Å²) in [5, 5.41) is 18.4. The summed E-state index contributed by atoms with van der Waals surface area (Å²) < 4.78 is 5.09. The van der Waals surface area contributed by atoms with E-state index >= 15 is 0 Å². The van der Waals surface area contributed by atoms with E-state index in [0.29, 0.717) is 11.3 Å². The first-order chi connectivity index (χ1) is 11.0. The van der Waals surface area contributed by atoms with Crippen molar-refractivity contribution >= 4 is 12.0 Å². The number of hydrogen-bond donors (Lipinski definition) is 1. The maximum Gasteiger partial charge on any atom is 0.336 e. The number of benzene rings is 2. The van der Waals surface area contributed by atoms with E-state index in [2.05, 4.69) is 4.84 Å². The van der Waals surface area contributed by atoms with Crippen molar-refractivity contribution in [2.24, 2.45) is 0 Å². The molecule has 118 valence electrons. The molecule has 0 bridgehead atoms. The lowest BCUT2D eigenvalue weighted by atomic mass is 10.2. The van der Waals surface area contributed by atoms with E-state index in [9.17, 15) is 14.9 Å². The number of hydrogen-bond acceptors (Lipinski definition) is 6. The number of rotatable bonds is 6. The SMILES string of the molecule is O=C(/C=C/c1ccc(O)cc1)Oc1ccc(CO[N+](=O)[O-])cc1. The quantitative estimate of drug-likeness (QED) is 0.289. The zero-order valence-electron chi connectivity index (χ0n) is 11.9. The average molecular weight is 315 g/mol. The lowest BCUT2D eigenvalue weighted by molar-refractivity contribution is -0.763. The van der Waals surface area contributed by atoms with Crippen LogP contribution in [0.25, 0.3) is 6.08 Å². The molecule has 7 nitrogen and oxygen atoms in total. The molecule has 0 aliphatic carbocycles. The van der Waals surface area contributed by atoms with E-state index < -0.39 is 11.1 Å². The molecule has 23 heavy (non-hydrogen) atoms. The number of ether oxygens (including phenoxy) is 1. The average Bonchev–Trinajstić information content (AvgIpc) is 2.53. The van der Waals surface area contributed by atoms with Crippen molar-refractivity contribution in [2.45, 2.75) is 6.61 Å². The van der Waals surface area contributed by atoms with Crippen LogP contribution < -0.4 is 4.74 Å². The van der Waals surface area contributed by atoms with Crippen LogP contribution in [0.2, 0.25) is 0 Å². The van der Waals surface area contributed by atoms with Crippen LogP contribution in [0.4, 0.5) is 0 Å². The Morgan fingerprint density at radius 2 is 1.78 bits per heavy atom. The van der Waals surface area contributed by atoms with Gasteiger partial charge in [0.2, 0.25) is 0 Å². The van der Waals surface area contributed by atoms with E-state index in [1.54, 1.807) is 30.3 Å². The molecule has 2 rings (SSSR count). The largest absolute Gasteiger partial charge is 0.508 e. The summed E-state index contributed by atoms with van der Waals surface area (Å²) in [5.74, 6) is -0.103. The molecule has 0 heterocycles. The van der Waals surface area contributed by atoms with Gasteiger partial charge in [-0.3, -0.25) is 0 Å². The van der Waals surface area contributed by atoms with Crippen LogP contribution >= 0.6 is 0 Å². The molecule has 0 saturated heterocycles. The van der Waals surface area contributed by atoms with Gasteiger partial charge >= 0.3 is 5.97 Å². The molecule has 2 aromatic carbocycles. The van der Waals surface area contributed by atoms with Crippen molar-refractivity contribution in [3.05, 3.63) is 75.8 Å². The predicted octanol–water partition coefficient (Wildman–Crippen LogP) is 2.72. The van der Waals surface area contributed by atoms with Gasteiger partial charge in [0.25, 0.3) is 5.09 Å². The Morgan fingerprint density at radius 1 is 1.13 bits per heavy atom. The molecule has 7 heteroatoms. The highest BCUT2D eigenvalue weighted by Crippen LogP contribution is 2.14. The number of nitrogens with zero attached hydrogens (tertiary/aromatic N) is 1. The zero-order valence-corrected chi connectivity index (χ0v) is 11.9. The van der Waals surface area contributed by atoms with Gasteiger partial charge < -0.3 is 14.7 Å². The number of phenolic OH excluding ortho intramolecular Hbond substituents is 1. The van der Waals surface area contributed by atoms with Crippen LogP contribution in [0.15, 0.2) is 54.6 Å². The Hall–Kier alpha value is -3.35. The highest BCUT2D eigenvalue weighted by molar-refractivity contribution is 5.88. The number of carbonyl (C=O) groups is 1. The molecule has 0 radical (unpaired) electrons. The molecule has 0 aromatic heterocycles. The Kier molecular flexibility index (Phi) is 5.30. The van der Waals surface area contributed by atoms with Gasteiger partial charge in [-0.25, -0.2) is 4.79 Å². The van der Waals surface area contributed by atoms with Gasteiger partial charge in [0.15, 0.2) is 0 Å². The van der Waals surface area contributed by atoms with Gasteiger partial charge in [-0.15, -0.1) is 10.1 Å². The number of esters is 1. The third-order valence-corrected chi connectivity index (χ3v) is 2.78. The molecule has 0 spiro atoms. The highest BCUT2D eigenvalue weighted by atomic mass is 16.9. The Balaban J connectivity index is 1.89. The van der Waals surface area contributed by atoms with E-state index in [0.717, 1.165) is 5.56 Å². The summed E-state index contributed by atoms with van der Waals surface area (Å²) in [5.41, 5.74) is 1.33. The third kappa shape index (κ3) is 5.50. The van der Waals surface area contributed by atoms with Crippen molar-refractivity contribution in [2.75, 3.05) is 0 Å². The fourth-order valence-corrected chi connectivity index (χ4v) is 1.68. The normalized spacial score (nSPS) is 10.4. The van der Waals surface area contributed by atoms with Crippen LogP contribution in [0, 0.1) is 10.1 Å². The van der Waals surface area contributed by atoms with Crippen LogP contribution in [0.5, 0.6) is 11.5 Å². The zero-order chi connectivity index (χ0) is 16.7. The maximum absolute atomic E-state index is 11.7. The van der Waals surface area contributed by atoms with Crippen molar-refractivity contribution < 1.29 is 24.6 Å². The predicted molar refractivity (Wildman–Crippen MR) is 81.0 cm³/mol. The number of carbonyl (C=O) groups excluding carboxylic acids is 1. The van der Waals surface area contributed by atoms with E-state index in [4.69, 9.17) is 9.84 Å². The van der Waals surface area contributed by atoms with Gasteiger partial charge in [-0.05, 0) is 41.5 Å². The van der Waals surface area contributed by atoms with Gasteiger partial charge in [0, 0.05) is 6.08 Å². The third-order valence-electron chi connectivity index (χ3n) is 2.78. The fourth-order valence-electron chi connectivity index (χ4n) is 1.68. The lowest BCUT2D eigenvalue weighted by Gasteiger charge is -2.03. The summed E-state index contributed by atoms with van der Waals surface area (Å²) in [4.78, 5) is 26.0. The molecule has 0 aliphatic heterocycles. The van der Waals surface area contributed by atoms with Crippen LogP contribution in [-0.4, -0.2) is 16.2 Å². The molecule has 0 amide bonds. The molecule has 1 N–H and O–H groups in total. The van der Waals surface area contributed by atoms with Crippen molar-refractivity contribution in [1.29, 1.82) is 0 Å². The first-order valence-corrected chi connectivity index (χ1v) is 6.58. The molecule has 0 unspecified atom stereocenters. The first-order valence-electron chi connectivity index (χ1n) is 6.58. The second-order valence-electron chi connectivity index (χ2n) is 4.49. The topological polar surface area (TPSA) is 98.9 Å². The fraction of sp³-hybridized carbons (Fsp3) is 0.0625. The smallest absolute Gasteiger partial charge is 0.336 e. The van der Waals surface area contributed by atoms with Crippen LogP contribution in [-0.2, 0) is 16.2 Å². The maximum atomic E-state index is 11.7. The Morgan fingerprint density at radius 3 is 2.39 bits per heavy atom. The molecule has 0 aliphatic rings. The van der Waals surface area contributed by atoms with Crippen molar-refractivity contribution in [1.82, 2.24) is 0 Å². The van der Waals surface area contributed by atoms with Crippen LogP contribution in [0.3, 0.4) is 0 Å². The molecule has 0 saturated carbocycles. The minimum absolute atomic E-state index is 0.144. The van der Waals surface area contributed by atoms with Crippen LogP contribution in [0.1, 0.15) is 11.1 Å². The second-order valence-corrected chi connectivity index (χ2v) is 4.49. The minimum atomic E-state index is -0.873. The summed E-state index contributed by atoms with van der Waals surface area (Å²) in [6.07, 6.45) is 2.82. The van der Waals surface area contributed by atoms with Gasteiger partial charge in [0.1, 0.15) is 18.1 Å². The lowest BCUT2D eigenvalue weighted by Crippen LogP contribution is -2.04. The number of phenols is 1. The molecular weight excluding hydrogens is 302 g/mol. The van der Waals surface area contributed by atoms with E-state index in [-0.39, 0.29) is 12.4 Å². The summed E-state index contributed by atoms with van der Waals surface area (Å²) in [6, 6.07) is 12.5. The molecule has 0 atom stereocenters.